The van der Waals surface area contributed by atoms with E-state index in [1.165, 1.54) is 24.8 Å². The van der Waals surface area contributed by atoms with Crippen molar-refractivity contribution in [1.82, 2.24) is 0 Å². The summed E-state index contributed by atoms with van der Waals surface area (Å²) >= 11 is 0. The Hall–Kier alpha value is -5.78. The number of nitrogens with zero attached hydrogens (tertiary/aromatic N) is 4. The van der Waals surface area contributed by atoms with Crippen molar-refractivity contribution >= 4 is 47.1 Å². The molecule has 0 amide bonds. The van der Waals surface area contributed by atoms with Gasteiger partial charge in [0.25, 0.3) is 0 Å². The number of aliphatic hydroxyl groups excluding tert-OH is 1. The van der Waals surface area contributed by atoms with E-state index in [2.05, 4.69) is 27.4 Å². The van der Waals surface area contributed by atoms with Gasteiger partial charge in [-0.05, 0) is 108 Å². The fourth-order valence-corrected chi connectivity index (χ4v) is 5.73. The molecule has 0 atom stereocenters. The minimum Gasteiger partial charge on any atom is -0.494 e. The summed E-state index contributed by atoms with van der Waals surface area (Å²) in [5.41, 5.74) is 8.64. The molecule has 1 N–H and O–H groups in total. The predicted octanol–water partition coefficient (Wildman–Crippen LogP) is 12.7. The van der Waals surface area contributed by atoms with Gasteiger partial charge in [0.15, 0.2) is 0 Å². The van der Waals surface area contributed by atoms with Crippen LogP contribution in [0.15, 0.2) is 130 Å². The fraction of sp³-hybridized carbons (Fsp3) is 0.306. The van der Waals surface area contributed by atoms with Gasteiger partial charge in [0.05, 0.1) is 69.0 Å². The van der Waals surface area contributed by atoms with Crippen LogP contribution in [-0.4, -0.2) is 58.5 Å². The second-order valence-electron chi connectivity index (χ2n) is 13.8. The zero-order valence-electron chi connectivity index (χ0n) is 34.5. The summed E-state index contributed by atoms with van der Waals surface area (Å²) in [6.45, 7) is 7.58. The Bertz CT molecular complexity index is 2080. The number of rotatable bonds is 25. The molecular formula is C49H56N4O6. The molecule has 5 rings (SSSR count). The van der Waals surface area contributed by atoms with E-state index in [4.69, 9.17) is 23.7 Å². The highest BCUT2D eigenvalue weighted by atomic mass is 16.6. The average molecular weight is 797 g/mol. The molecule has 0 aliphatic heterocycles. The van der Waals surface area contributed by atoms with Gasteiger partial charge in [-0.3, -0.25) is 0 Å². The van der Waals surface area contributed by atoms with Gasteiger partial charge in [0.1, 0.15) is 18.1 Å². The second-order valence-corrected chi connectivity index (χ2v) is 13.8. The lowest BCUT2D eigenvalue weighted by Gasteiger charge is -2.14. The molecule has 0 unspecified atom stereocenters. The van der Waals surface area contributed by atoms with Crippen LogP contribution in [0.25, 0.3) is 24.3 Å². The normalized spacial score (nSPS) is 11.8. The molecular weight excluding hydrogens is 741 g/mol. The monoisotopic (exact) mass is 796 g/mol. The number of unbranched alkanes of at least 4 members (excludes halogenated alkanes) is 3. The van der Waals surface area contributed by atoms with Gasteiger partial charge >= 0.3 is 0 Å². The van der Waals surface area contributed by atoms with E-state index < -0.39 is 0 Å². The topological polar surface area (TPSA) is 116 Å². The van der Waals surface area contributed by atoms with Crippen LogP contribution < -0.4 is 9.47 Å². The maximum atomic E-state index is 10.4. The Morgan fingerprint density at radius 3 is 1.56 bits per heavy atom. The molecule has 0 bridgehead atoms. The summed E-state index contributed by atoms with van der Waals surface area (Å²) in [5, 5.41) is 27.9. The molecule has 0 saturated heterocycles. The molecule has 0 aliphatic rings. The minimum absolute atomic E-state index is 0.139. The van der Waals surface area contributed by atoms with Gasteiger partial charge in [0.2, 0.25) is 0 Å². The highest BCUT2D eigenvalue weighted by Crippen LogP contribution is 2.29. The van der Waals surface area contributed by atoms with Gasteiger partial charge in [0, 0.05) is 12.7 Å². The molecule has 0 aliphatic carbocycles. The first kappa shape index (κ1) is 44.3. The van der Waals surface area contributed by atoms with Crippen molar-refractivity contribution in [1.29, 1.82) is 0 Å². The molecule has 10 nitrogen and oxygen atoms in total. The Morgan fingerprint density at radius 2 is 1.02 bits per heavy atom. The molecule has 5 aromatic rings. The van der Waals surface area contributed by atoms with Crippen molar-refractivity contribution in [2.24, 2.45) is 20.5 Å². The Morgan fingerprint density at radius 1 is 0.508 bits per heavy atom. The molecule has 0 heterocycles. The lowest BCUT2D eigenvalue weighted by Crippen LogP contribution is -2.12. The molecule has 308 valence electrons. The molecule has 5 aromatic carbocycles. The first-order valence-electron chi connectivity index (χ1n) is 20.3. The van der Waals surface area contributed by atoms with E-state index in [1.54, 1.807) is 7.11 Å². The summed E-state index contributed by atoms with van der Waals surface area (Å²) in [6.07, 6.45) is 12.7. The van der Waals surface area contributed by atoms with Crippen molar-refractivity contribution in [3.63, 3.8) is 0 Å². The Kier molecular flexibility index (Phi) is 19.2. The van der Waals surface area contributed by atoms with Crippen molar-refractivity contribution in [2.75, 3.05) is 53.4 Å². The largest absolute Gasteiger partial charge is 0.494 e. The number of aryl methyl sites for hydroxylation is 1. The number of hydrogen-bond acceptors (Lipinski definition) is 10. The van der Waals surface area contributed by atoms with Crippen LogP contribution in [0, 0.1) is 6.92 Å². The van der Waals surface area contributed by atoms with Gasteiger partial charge in [-0.1, -0.05) is 92.5 Å². The van der Waals surface area contributed by atoms with Crippen molar-refractivity contribution in [3.8, 4) is 11.5 Å². The predicted molar refractivity (Wildman–Crippen MR) is 238 cm³/mol. The summed E-state index contributed by atoms with van der Waals surface area (Å²) in [5.74, 6) is 1.51. The van der Waals surface area contributed by atoms with E-state index in [9.17, 15) is 5.11 Å². The summed E-state index contributed by atoms with van der Waals surface area (Å²) < 4.78 is 28.3. The first-order chi connectivity index (χ1) is 29.0. The third kappa shape index (κ3) is 16.2. The van der Waals surface area contributed by atoms with Crippen molar-refractivity contribution in [2.45, 2.75) is 46.1 Å². The molecule has 0 radical (unpaired) electrons. The van der Waals surface area contributed by atoms with Gasteiger partial charge in [-0.15, -0.1) is 0 Å². The van der Waals surface area contributed by atoms with Crippen LogP contribution >= 0.6 is 0 Å². The lowest BCUT2D eigenvalue weighted by atomic mass is 10.0. The van der Waals surface area contributed by atoms with Gasteiger partial charge < -0.3 is 28.8 Å². The van der Waals surface area contributed by atoms with Gasteiger partial charge in [-0.25, -0.2) is 0 Å². The number of ether oxygens (including phenoxy) is 5. The molecule has 59 heavy (non-hydrogen) atoms. The number of methoxy groups -OCH3 is 1. The fourth-order valence-electron chi connectivity index (χ4n) is 5.73. The molecule has 0 spiro atoms. The van der Waals surface area contributed by atoms with Crippen LogP contribution in [0.4, 0.5) is 22.7 Å². The minimum atomic E-state index is -0.139. The van der Waals surface area contributed by atoms with Gasteiger partial charge in [-0.2, -0.15) is 20.5 Å². The quantitative estimate of drug-likeness (QED) is 0.0357. The van der Waals surface area contributed by atoms with E-state index in [1.807, 2.05) is 140 Å². The van der Waals surface area contributed by atoms with Crippen molar-refractivity contribution < 1.29 is 28.8 Å². The Labute approximate surface area is 348 Å². The maximum Gasteiger partial charge on any atom is 0.127 e. The summed E-state index contributed by atoms with van der Waals surface area (Å²) in [7, 11) is 1.65. The summed E-state index contributed by atoms with van der Waals surface area (Å²) in [6, 6.07) is 35.2. The zero-order chi connectivity index (χ0) is 41.3. The van der Waals surface area contributed by atoms with Crippen LogP contribution in [0.1, 0.15) is 66.0 Å². The highest BCUT2D eigenvalue weighted by Gasteiger charge is 2.09. The Balaban J connectivity index is 1.24. The van der Waals surface area contributed by atoms with Crippen LogP contribution in [0.2, 0.25) is 0 Å². The maximum absolute atomic E-state index is 10.4. The number of hydrogen-bond donors (Lipinski definition) is 1. The zero-order valence-corrected chi connectivity index (χ0v) is 34.5. The SMILES string of the molecule is CCCCCCOc1ccc(N=Nc2ccc(/C=C/c3cc(CO)c(/C=C/c4ccc(N=Nc5ccc(C)cc5)cc4)cc3OCCOCCOCCOC)cc2)cc1. The summed E-state index contributed by atoms with van der Waals surface area (Å²) in [4.78, 5) is 0. The second kappa shape index (κ2) is 25.6. The first-order valence-corrected chi connectivity index (χ1v) is 20.3. The number of aliphatic hydroxyl groups is 1. The van der Waals surface area contributed by atoms with E-state index in [0.717, 1.165) is 69.3 Å². The molecule has 10 heteroatoms. The molecule has 0 saturated carbocycles. The molecule has 0 fully saturated rings. The van der Waals surface area contributed by atoms with Crippen LogP contribution in [-0.2, 0) is 20.8 Å². The lowest BCUT2D eigenvalue weighted by molar-refractivity contribution is 0.0179. The number of benzene rings is 5. The third-order valence-corrected chi connectivity index (χ3v) is 9.13. The smallest absolute Gasteiger partial charge is 0.127 e. The third-order valence-electron chi connectivity index (χ3n) is 9.13. The van der Waals surface area contributed by atoms with Crippen LogP contribution in [0.5, 0.6) is 11.5 Å². The van der Waals surface area contributed by atoms with E-state index >= 15 is 0 Å². The van der Waals surface area contributed by atoms with E-state index in [-0.39, 0.29) is 6.61 Å². The van der Waals surface area contributed by atoms with Crippen LogP contribution in [0.3, 0.4) is 0 Å². The molecule has 0 aromatic heterocycles. The van der Waals surface area contributed by atoms with E-state index in [0.29, 0.717) is 45.4 Å². The average Bonchev–Trinajstić information content (AvgIpc) is 3.27. The van der Waals surface area contributed by atoms with Crippen molar-refractivity contribution in [3.05, 3.63) is 143 Å². The standard InChI is InChI=1S/C49H56N4O6/c1-4-5-6-7-28-58-48-26-24-47(25-27-48)53-52-46-22-14-40(15-23-46)11-17-42-35-43(37-54)41(36-49(42)59-34-33-57-32-31-56-30-29-55-3)16-10-39-12-20-45(21-13-39)51-50-44-18-8-38(2)9-19-44/h8-27,35-36,54H,4-7,28-34,37H2,1-3H3/b16-10+,17-11+,51-50?,53-52?. The number of azo groups is 2. The highest BCUT2D eigenvalue weighted by molar-refractivity contribution is 5.78.